The number of methoxy groups -OCH3 is 1. The van der Waals surface area contributed by atoms with Crippen molar-refractivity contribution in [1.29, 1.82) is 0 Å². The van der Waals surface area contributed by atoms with Gasteiger partial charge in [-0.15, -0.1) is 5.10 Å². The Kier molecular flexibility index (Phi) is 4.60. The molecule has 0 spiro atoms. The molecule has 132 valence electrons. The zero-order valence-electron chi connectivity index (χ0n) is 14.1. The van der Waals surface area contributed by atoms with Gasteiger partial charge in [-0.25, -0.2) is 12.7 Å². The SMILES string of the molecule is COc1cccc(COn2nnc3ccc(S(=O)(=O)N(C)C)cc32)c1. The van der Waals surface area contributed by atoms with Gasteiger partial charge in [0.2, 0.25) is 10.0 Å². The van der Waals surface area contributed by atoms with E-state index in [1.165, 1.54) is 31.1 Å². The van der Waals surface area contributed by atoms with E-state index in [-0.39, 0.29) is 11.5 Å². The standard InChI is InChI=1S/C16H18N4O4S/c1-19(2)25(21,22)14-7-8-15-16(10-14)20(18-17-15)24-11-12-5-4-6-13(9-12)23-3/h4-10H,11H2,1-3H3. The Hall–Kier alpha value is -2.65. The average molecular weight is 362 g/mol. The van der Waals surface area contributed by atoms with Crippen LogP contribution in [0.5, 0.6) is 5.75 Å². The van der Waals surface area contributed by atoms with E-state index < -0.39 is 10.0 Å². The summed E-state index contributed by atoms with van der Waals surface area (Å²) in [7, 11) is 1.01. The number of fused-ring (bicyclic) bond motifs is 1. The molecule has 0 unspecified atom stereocenters. The molecule has 8 nitrogen and oxygen atoms in total. The van der Waals surface area contributed by atoms with Crippen LogP contribution in [0.1, 0.15) is 5.56 Å². The second kappa shape index (κ2) is 6.69. The third-order valence-corrected chi connectivity index (χ3v) is 5.46. The van der Waals surface area contributed by atoms with Gasteiger partial charge in [-0.2, -0.15) is 0 Å². The van der Waals surface area contributed by atoms with Crippen molar-refractivity contribution in [3.8, 4) is 5.75 Å². The topological polar surface area (TPSA) is 86.5 Å². The summed E-state index contributed by atoms with van der Waals surface area (Å²) in [4.78, 5) is 7.03. The molecule has 1 aromatic heterocycles. The number of benzene rings is 2. The summed E-state index contributed by atoms with van der Waals surface area (Å²) in [5.41, 5.74) is 1.91. The number of rotatable bonds is 6. The Labute approximate surface area is 145 Å². The molecule has 0 atom stereocenters. The van der Waals surface area contributed by atoms with E-state index in [2.05, 4.69) is 10.3 Å². The maximum atomic E-state index is 12.3. The fourth-order valence-corrected chi connectivity index (χ4v) is 3.16. The Bertz CT molecular complexity index is 998. The third-order valence-electron chi connectivity index (χ3n) is 3.65. The first-order valence-corrected chi connectivity index (χ1v) is 8.90. The summed E-state index contributed by atoms with van der Waals surface area (Å²) in [5.74, 6) is 0.726. The van der Waals surface area contributed by atoms with Crippen LogP contribution in [0, 0.1) is 0 Å². The van der Waals surface area contributed by atoms with Crippen molar-refractivity contribution < 1.29 is 18.0 Å². The molecule has 0 bridgehead atoms. The molecule has 1 heterocycles. The lowest BCUT2D eigenvalue weighted by molar-refractivity contribution is 0.0750. The zero-order chi connectivity index (χ0) is 18.0. The lowest BCUT2D eigenvalue weighted by atomic mass is 10.2. The molecule has 0 radical (unpaired) electrons. The van der Waals surface area contributed by atoms with E-state index in [1.807, 2.05) is 24.3 Å². The summed E-state index contributed by atoms with van der Waals surface area (Å²) >= 11 is 0. The van der Waals surface area contributed by atoms with Crippen molar-refractivity contribution in [1.82, 2.24) is 19.5 Å². The number of hydrogen-bond acceptors (Lipinski definition) is 6. The van der Waals surface area contributed by atoms with Gasteiger partial charge in [-0.1, -0.05) is 17.0 Å². The average Bonchev–Trinajstić information content (AvgIpc) is 3.02. The first-order chi connectivity index (χ1) is 11.9. The van der Waals surface area contributed by atoms with Crippen LogP contribution in [-0.4, -0.2) is 49.1 Å². The molecule has 0 fully saturated rings. The van der Waals surface area contributed by atoms with Crippen LogP contribution >= 0.6 is 0 Å². The van der Waals surface area contributed by atoms with E-state index in [0.717, 1.165) is 15.6 Å². The van der Waals surface area contributed by atoms with E-state index >= 15 is 0 Å². The normalized spacial score (nSPS) is 11.8. The first kappa shape index (κ1) is 17.2. The van der Waals surface area contributed by atoms with E-state index in [0.29, 0.717) is 11.0 Å². The molecule has 0 saturated carbocycles. The maximum Gasteiger partial charge on any atom is 0.242 e. The molecule has 2 aromatic carbocycles. The molecule has 0 aliphatic rings. The molecule has 3 rings (SSSR count). The number of ether oxygens (including phenoxy) is 1. The number of nitrogens with zero attached hydrogens (tertiary/aromatic N) is 4. The van der Waals surface area contributed by atoms with Gasteiger partial charge in [-0.05, 0) is 41.1 Å². The monoisotopic (exact) mass is 362 g/mol. The van der Waals surface area contributed by atoms with Crippen LogP contribution in [0.15, 0.2) is 47.4 Å². The Morgan fingerprint density at radius 1 is 1.16 bits per heavy atom. The Balaban J connectivity index is 1.89. The maximum absolute atomic E-state index is 12.3. The van der Waals surface area contributed by atoms with Crippen molar-refractivity contribution in [2.45, 2.75) is 11.5 Å². The number of aromatic nitrogens is 3. The van der Waals surface area contributed by atoms with Crippen molar-refractivity contribution >= 4 is 21.1 Å². The van der Waals surface area contributed by atoms with Gasteiger partial charge in [0.05, 0.1) is 12.0 Å². The summed E-state index contributed by atoms with van der Waals surface area (Å²) in [5, 5.41) is 7.91. The van der Waals surface area contributed by atoms with Crippen LogP contribution in [-0.2, 0) is 16.6 Å². The minimum absolute atomic E-state index is 0.151. The van der Waals surface area contributed by atoms with E-state index in [9.17, 15) is 8.42 Å². The lowest BCUT2D eigenvalue weighted by Crippen LogP contribution is -2.22. The fourth-order valence-electron chi connectivity index (χ4n) is 2.24. The molecular weight excluding hydrogens is 344 g/mol. The van der Waals surface area contributed by atoms with Crippen LogP contribution in [0.3, 0.4) is 0 Å². The van der Waals surface area contributed by atoms with Gasteiger partial charge in [0.15, 0.2) is 0 Å². The van der Waals surface area contributed by atoms with Crippen molar-refractivity contribution in [3.63, 3.8) is 0 Å². The predicted octanol–water partition coefficient (Wildman–Crippen LogP) is 1.32. The Morgan fingerprint density at radius 3 is 2.68 bits per heavy atom. The van der Waals surface area contributed by atoms with Crippen LogP contribution in [0.4, 0.5) is 0 Å². The Morgan fingerprint density at radius 2 is 1.96 bits per heavy atom. The first-order valence-electron chi connectivity index (χ1n) is 7.46. The van der Waals surface area contributed by atoms with Gasteiger partial charge in [0.1, 0.15) is 23.4 Å². The van der Waals surface area contributed by atoms with Crippen LogP contribution in [0.2, 0.25) is 0 Å². The highest BCUT2D eigenvalue weighted by Gasteiger charge is 2.19. The quantitative estimate of drug-likeness (QED) is 0.657. The summed E-state index contributed by atoms with van der Waals surface area (Å²) in [6.45, 7) is 0.236. The van der Waals surface area contributed by atoms with E-state index in [1.54, 1.807) is 13.2 Å². The fraction of sp³-hybridized carbons (Fsp3) is 0.250. The smallest absolute Gasteiger partial charge is 0.242 e. The molecule has 0 N–H and O–H groups in total. The highest BCUT2D eigenvalue weighted by molar-refractivity contribution is 7.89. The highest BCUT2D eigenvalue weighted by Crippen LogP contribution is 2.19. The summed E-state index contributed by atoms with van der Waals surface area (Å²) < 4.78 is 30.9. The van der Waals surface area contributed by atoms with Crippen LogP contribution < -0.4 is 9.57 Å². The number of hydrogen-bond donors (Lipinski definition) is 0. The minimum atomic E-state index is -3.55. The number of sulfonamides is 1. The molecule has 0 saturated heterocycles. The van der Waals surface area contributed by atoms with Crippen molar-refractivity contribution in [2.75, 3.05) is 21.2 Å². The second-order valence-corrected chi connectivity index (χ2v) is 7.68. The third kappa shape index (κ3) is 3.42. The van der Waals surface area contributed by atoms with Gasteiger partial charge < -0.3 is 9.57 Å². The van der Waals surface area contributed by atoms with Crippen molar-refractivity contribution in [2.24, 2.45) is 0 Å². The largest absolute Gasteiger partial charge is 0.497 e. The molecular formula is C16H18N4O4S. The van der Waals surface area contributed by atoms with Gasteiger partial charge in [0.25, 0.3) is 0 Å². The van der Waals surface area contributed by atoms with Crippen LogP contribution in [0.25, 0.3) is 11.0 Å². The molecule has 0 aliphatic carbocycles. The molecule has 0 amide bonds. The van der Waals surface area contributed by atoms with Gasteiger partial charge in [-0.3, -0.25) is 0 Å². The molecule has 9 heteroatoms. The van der Waals surface area contributed by atoms with Crippen molar-refractivity contribution in [3.05, 3.63) is 48.0 Å². The zero-order valence-corrected chi connectivity index (χ0v) is 14.9. The lowest BCUT2D eigenvalue weighted by Gasteiger charge is -2.11. The van der Waals surface area contributed by atoms with Gasteiger partial charge >= 0.3 is 0 Å². The summed E-state index contributed by atoms with van der Waals surface area (Å²) in [6.07, 6.45) is 0. The summed E-state index contributed by atoms with van der Waals surface area (Å²) in [6, 6.07) is 12.0. The second-order valence-electron chi connectivity index (χ2n) is 5.53. The van der Waals surface area contributed by atoms with E-state index in [4.69, 9.17) is 9.57 Å². The highest BCUT2D eigenvalue weighted by atomic mass is 32.2. The molecule has 25 heavy (non-hydrogen) atoms. The predicted molar refractivity (Wildman–Crippen MR) is 91.7 cm³/mol. The molecule has 3 aromatic rings. The molecule has 0 aliphatic heterocycles. The minimum Gasteiger partial charge on any atom is -0.497 e. The van der Waals surface area contributed by atoms with Gasteiger partial charge in [0, 0.05) is 14.1 Å².